The number of rotatable bonds is 4. The summed E-state index contributed by atoms with van der Waals surface area (Å²) in [6.45, 7) is 0. The van der Waals surface area contributed by atoms with Crippen molar-refractivity contribution in [1.82, 2.24) is 0 Å². The van der Waals surface area contributed by atoms with Gasteiger partial charge in [-0.05, 0) is 23.8 Å². The molecular formula is C19H13NO3S2. The number of carbonyl (C=O) groups is 2. The molecular weight excluding hydrogens is 354 g/mol. The molecule has 1 fully saturated rings. The first-order valence-corrected chi connectivity index (χ1v) is 8.62. The Hall–Kier alpha value is -2.70. The number of anilines is 1. The molecule has 1 N–H and O–H groups in total. The SMILES string of the molecule is O=C(O)c1ccccc1N1C(=O)/C(=C/C=C\c2ccccc2)SC1=S. The molecule has 2 aromatic carbocycles. The Morgan fingerprint density at radius 1 is 1.08 bits per heavy atom. The molecule has 0 radical (unpaired) electrons. The Morgan fingerprint density at radius 2 is 1.76 bits per heavy atom. The predicted molar refractivity (Wildman–Crippen MR) is 105 cm³/mol. The van der Waals surface area contributed by atoms with Crippen LogP contribution in [0.4, 0.5) is 5.69 Å². The standard InChI is InChI=1S/C19H13NO3S2/c21-17-16(12-6-9-13-7-2-1-3-8-13)25-19(24)20(17)15-11-5-4-10-14(15)18(22)23/h1-12H,(H,22,23)/b9-6-,16-12-. The summed E-state index contributed by atoms with van der Waals surface area (Å²) in [5, 5.41) is 9.32. The van der Waals surface area contributed by atoms with Gasteiger partial charge in [-0.1, -0.05) is 78.6 Å². The van der Waals surface area contributed by atoms with E-state index in [1.54, 1.807) is 30.4 Å². The summed E-state index contributed by atoms with van der Waals surface area (Å²) < 4.78 is 0.318. The third-order valence-corrected chi connectivity index (χ3v) is 4.83. The van der Waals surface area contributed by atoms with Gasteiger partial charge >= 0.3 is 5.97 Å². The summed E-state index contributed by atoms with van der Waals surface area (Å²) >= 11 is 6.43. The fourth-order valence-electron chi connectivity index (χ4n) is 2.35. The van der Waals surface area contributed by atoms with Crippen LogP contribution in [0.25, 0.3) is 6.08 Å². The van der Waals surface area contributed by atoms with E-state index < -0.39 is 5.97 Å². The normalized spacial score (nSPS) is 16.2. The highest BCUT2D eigenvalue weighted by Gasteiger charge is 2.34. The first-order valence-electron chi connectivity index (χ1n) is 7.40. The van der Waals surface area contributed by atoms with E-state index in [1.807, 2.05) is 36.4 Å². The zero-order valence-corrected chi connectivity index (χ0v) is 14.6. The molecule has 2 aromatic rings. The van der Waals surface area contributed by atoms with Crippen molar-refractivity contribution in [2.45, 2.75) is 0 Å². The van der Waals surface area contributed by atoms with E-state index in [0.717, 1.165) is 17.3 Å². The van der Waals surface area contributed by atoms with Gasteiger partial charge in [-0.25, -0.2) is 4.79 Å². The molecule has 0 atom stereocenters. The van der Waals surface area contributed by atoms with Gasteiger partial charge < -0.3 is 5.11 Å². The highest BCUT2D eigenvalue weighted by atomic mass is 32.2. The number of hydrogen-bond donors (Lipinski definition) is 1. The monoisotopic (exact) mass is 367 g/mol. The van der Waals surface area contributed by atoms with Crippen molar-refractivity contribution in [3.05, 3.63) is 82.8 Å². The molecule has 124 valence electrons. The molecule has 1 aliphatic rings. The third kappa shape index (κ3) is 3.70. The first kappa shape index (κ1) is 17.1. The van der Waals surface area contributed by atoms with E-state index in [4.69, 9.17) is 12.2 Å². The van der Waals surface area contributed by atoms with Crippen molar-refractivity contribution < 1.29 is 14.7 Å². The molecule has 1 amide bonds. The number of carbonyl (C=O) groups excluding carboxylic acids is 1. The molecule has 4 nitrogen and oxygen atoms in total. The quantitative estimate of drug-likeness (QED) is 0.643. The summed E-state index contributed by atoms with van der Waals surface area (Å²) in [6, 6.07) is 16.0. The van der Waals surface area contributed by atoms with Crippen molar-refractivity contribution in [3.63, 3.8) is 0 Å². The van der Waals surface area contributed by atoms with Crippen LogP contribution in [-0.4, -0.2) is 21.3 Å². The number of para-hydroxylation sites is 1. The maximum Gasteiger partial charge on any atom is 0.337 e. The number of hydrogen-bond acceptors (Lipinski definition) is 4. The number of benzene rings is 2. The molecule has 25 heavy (non-hydrogen) atoms. The fourth-order valence-corrected chi connectivity index (χ4v) is 3.59. The largest absolute Gasteiger partial charge is 0.478 e. The van der Waals surface area contributed by atoms with E-state index in [0.29, 0.717) is 9.23 Å². The van der Waals surface area contributed by atoms with Crippen molar-refractivity contribution in [2.75, 3.05) is 4.90 Å². The van der Waals surface area contributed by atoms with Crippen molar-refractivity contribution in [2.24, 2.45) is 0 Å². The zero-order chi connectivity index (χ0) is 17.8. The highest BCUT2D eigenvalue weighted by Crippen LogP contribution is 2.36. The van der Waals surface area contributed by atoms with Crippen LogP contribution in [0.15, 0.2) is 71.7 Å². The van der Waals surface area contributed by atoms with E-state index >= 15 is 0 Å². The average Bonchev–Trinajstić information content (AvgIpc) is 2.89. The van der Waals surface area contributed by atoms with Crippen LogP contribution in [-0.2, 0) is 4.79 Å². The summed E-state index contributed by atoms with van der Waals surface area (Å²) in [4.78, 5) is 25.8. The molecule has 1 aliphatic heterocycles. The van der Waals surface area contributed by atoms with Gasteiger partial charge in [0.2, 0.25) is 0 Å². The number of nitrogens with zero attached hydrogens (tertiary/aromatic N) is 1. The highest BCUT2D eigenvalue weighted by molar-refractivity contribution is 8.27. The molecule has 0 aliphatic carbocycles. The lowest BCUT2D eigenvalue weighted by atomic mass is 10.1. The Balaban J connectivity index is 1.87. The van der Waals surface area contributed by atoms with Gasteiger partial charge in [0.05, 0.1) is 16.2 Å². The molecule has 0 aromatic heterocycles. The van der Waals surface area contributed by atoms with Gasteiger partial charge in [-0.2, -0.15) is 0 Å². The molecule has 6 heteroatoms. The molecule has 1 heterocycles. The van der Waals surface area contributed by atoms with Crippen LogP contribution in [0.5, 0.6) is 0 Å². The summed E-state index contributed by atoms with van der Waals surface area (Å²) in [5.41, 5.74) is 1.35. The van der Waals surface area contributed by atoms with Gasteiger partial charge in [0.25, 0.3) is 5.91 Å². The topological polar surface area (TPSA) is 57.6 Å². The Bertz CT molecular complexity index is 904. The molecule has 0 unspecified atom stereocenters. The molecule has 0 saturated carbocycles. The number of amides is 1. The van der Waals surface area contributed by atoms with Crippen molar-refractivity contribution in [3.8, 4) is 0 Å². The zero-order valence-electron chi connectivity index (χ0n) is 13.0. The van der Waals surface area contributed by atoms with Gasteiger partial charge in [0.15, 0.2) is 4.32 Å². The van der Waals surface area contributed by atoms with Crippen LogP contribution in [0.3, 0.4) is 0 Å². The summed E-state index contributed by atoms with van der Waals surface area (Å²) in [7, 11) is 0. The second kappa shape index (κ2) is 7.46. The van der Waals surface area contributed by atoms with Crippen molar-refractivity contribution in [1.29, 1.82) is 0 Å². The lowest BCUT2D eigenvalue weighted by Gasteiger charge is -2.16. The summed E-state index contributed by atoms with van der Waals surface area (Å²) in [6.07, 6.45) is 5.36. The minimum Gasteiger partial charge on any atom is -0.478 e. The van der Waals surface area contributed by atoms with E-state index in [-0.39, 0.29) is 17.2 Å². The number of carboxylic acids is 1. The molecule has 0 bridgehead atoms. The Labute approximate surface area is 154 Å². The van der Waals surface area contributed by atoms with Crippen LogP contribution in [0, 0.1) is 0 Å². The molecule has 1 saturated heterocycles. The van der Waals surface area contributed by atoms with E-state index in [9.17, 15) is 14.7 Å². The van der Waals surface area contributed by atoms with Gasteiger partial charge in [-0.3, -0.25) is 9.69 Å². The van der Waals surface area contributed by atoms with Gasteiger partial charge in [0.1, 0.15) is 0 Å². The van der Waals surface area contributed by atoms with Crippen LogP contribution in [0.2, 0.25) is 0 Å². The second-order valence-corrected chi connectivity index (χ2v) is 6.81. The van der Waals surface area contributed by atoms with Gasteiger partial charge in [0, 0.05) is 0 Å². The van der Waals surface area contributed by atoms with Crippen molar-refractivity contribution >= 4 is 51.9 Å². The average molecular weight is 367 g/mol. The van der Waals surface area contributed by atoms with Crippen LogP contribution < -0.4 is 4.90 Å². The second-order valence-electron chi connectivity index (χ2n) is 5.13. The smallest absolute Gasteiger partial charge is 0.337 e. The third-order valence-electron chi connectivity index (χ3n) is 3.50. The maximum absolute atomic E-state index is 12.7. The minimum absolute atomic E-state index is 0.0416. The number of aromatic carboxylic acids is 1. The van der Waals surface area contributed by atoms with Crippen LogP contribution in [0.1, 0.15) is 15.9 Å². The molecule has 3 rings (SSSR count). The fraction of sp³-hybridized carbons (Fsp3) is 0. The van der Waals surface area contributed by atoms with Gasteiger partial charge in [-0.15, -0.1) is 0 Å². The minimum atomic E-state index is -1.10. The van der Waals surface area contributed by atoms with E-state index in [1.165, 1.54) is 11.0 Å². The first-order chi connectivity index (χ1) is 12.1. The maximum atomic E-state index is 12.7. The number of allylic oxidation sites excluding steroid dienone is 2. The number of carboxylic acid groups (broad SMARTS) is 1. The Morgan fingerprint density at radius 3 is 2.48 bits per heavy atom. The number of thiocarbonyl (C=S) groups is 1. The number of thioether (sulfide) groups is 1. The molecule has 0 spiro atoms. The predicted octanol–water partition coefficient (Wildman–Crippen LogP) is 4.35. The van der Waals surface area contributed by atoms with E-state index in [2.05, 4.69) is 0 Å². The summed E-state index contributed by atoms with van der Waals surface area (Å²) in [5.74, 6) is -1.42. The Kier molecular flexibility index (Phi) is 5.11. The lowest BCUT2D eigenvalue weighted by Crippen LogP contribution is -2.29. The van der Waals surface area contributed by atoms with Crippen LogP contribution >= 0.6 is 24.0 Å². The lowest BCUT2D eigenvalue weighted by molar-refractivity contribution is -0.113.